The molecule has 1 atom stereocenters. The molecule has 1 fully saturated rings. The first-order chi connectivity index (χ1) is 18.0. The van der Waals surface area contributed by atoms with E-state index in [0.717, 1.165) is 29.5 Å². The van der Waals surface area contributed by atoms with Gasteiger partial charge in [-0.25, -0.2) is 4.79 Å². The van der Waals surface area contributed by atoms with Crippen LogP contribution in [0, 0.1) is 0 Å². The molecule has 1 saturated heterocycles. The molecule has 3 amide bonds. The number of carbonyl (C=O) groups excluding carboxylic acids is 2. The fourth-order valence-electron chi connectivity index (χ4n) is 4.16. The number of likely N-dealkylation sites (tertiary alicyclic amines) is 1. The third-order valence-electron chi connectivity index (χ3n) is 6.16. The summed E-state index contributed by atoms with van der Waals surface area (Å²) in [5.41, 5.74) is 1.50. The van der Waals surface area contributed by atoms with Gasteiger partial charge in [-0.15, -0.1) is 0 Å². The van der Waals surface area contributed by atoms with Gasteiger partial charge in [-0.1, -0.05) is 54.7 Å². The summed E-state index contributed by atoms with van der Waals surface area (Å²) < 4.78 is 6.96. The van der Waals surface area contributed by atoms with E-state index in [4.69, 9.17) is 16.3 Å². The Morgan fingerprint density at radius 1 is 0.946 bits per heavy atom. The first kappa shape index (κ1) is 26.9. The molecule has 4 rings (SSSR count). The lowest BCUT2D eigenvalue weighted by molar-refractivity contribution is -0.124. The zero-order valence-electron chi connectivity index (χ0n) is 20.5. The smallest absolute Gasteiger partial charge is 0.332 e. The summed E-state index contributed by atoms with van der Waals surface area (Å²) in [4.78, 5) is 28.5. The summed E-state index contributed by atoms with van der Waals surface area (Å²) >= 11 is 10.4. The number of anilines is 1. The number of nitrogens with one attached hydrogen (secondary N) is 2. The third-order valence-corrected chi connectivity index (χ3v) is 6.87. The van der Waals surface area contributed by atoms with E-state index in [1.807, 2.05) is 30.3 Å². The molecule has 3 aromatic rings. The Labute approximate surface area is 228 Å². The monoisotopic (exact) mass is 538 g/mol. The SMILES string of the molecule is O=C(NCCN1CCCC1)C(Cc1ccccc1)N(S)C(=O)Nc1ccc(Oc2ccc(Cl)cc2)cc1. The fourth-order valence-corrected chi connectivity index (χ4v) is 4.52. The highest BCUT2D eigenvalue weighted by atomic mass is 35.5. The second-order valence-electron chi connectivity index (χ2n) is 8.90. The summed E-state index contributed by atoms with van der Waals surface area (Å²) in [5.74, 6) is 1.03. The molecule has 1 aliphatic rings. The number of hydrogen-bond donors (Lipinski definition) is 3. The highest BCUT2D eigenvalue weighted by Gasteiger charge is 2.28. The van der Waals surface area contributed by atoms with Crippen LogP contribution in [0.3, 0.4) is 0 Å². The summed E-state index contributed by atoms with van der Waals surface area (Å²) in [6, 6.07) is 22.3. The number of urea groups is 1. The third kappa shape index (κ3) is 8.15. The van der Waals surface area contributed by atoms with Crippen LogP contribution in [0.4, 0.5) is 10.5 Å². The van der Waals surface area contributed by atoms with E-state index in [-0.39, 0.29) is 5.91 Å². The summed E-state index contributed by atoms with van der Waals surface area (Å²) in [5, 5.41) is 6.43. The van der Waals surface area contributed by atoms with Crippen LogP contribution in [0.1, 0.15) is 18.4 Å². The normalized spacial score (nSPS) is 14.1. The van der Waals surface area contributed by atoms with Gasteiger partial charge >= 0.3 is 6.03 Å². The van der Waals surface area contributed by atoms with E-state index >= 15 is 0 Å². The van der Waals surface area contributed by atoms with Crippen LogP contribution in [-0.2, 0) is 11.2 Å². The van der Waals surface area contributed by atoms with Gasteiger partial charge in [0.05, 0.1) is 0 Å². The van der Waals surface area contributed by atoms with Gasteiger partial charge in [0.1, 0.15) is 17.5 Å². The van der Waals surface area contributed by atoms with Crippen LogP contribution in [-0.4, -0.2) is 53.4 Å². The van der Waals surface area contributed by atoms with Gasteiger partial charge in [-0.05, 0) is 80.0 Å². The van der Waals surface area contributed by atoms with E-state index in [9.17, 15) is 9.59 Å². The standard InChI is InChI=1S/C28H31ClN4O3S/c29-22-8-12-24(13-9-22)36-25-14-10-23(11-15-25)31-28(35)33(37)26(20-21-6-2-1-3-7-21)27(34)30-16-19-32-17-4-5-18-32/h1-3,6-15,26,37H,4-5,16-20H2,(H,30,34)(H,31,35). The van der Waals surface area contributed by atoms with Crippen LogP contribution >= 0.6 is 24.4 Å². The van der Waals surface area contributed by atoms with Gasteiger partial charge in [0.25, 0.3) is 0 Å². The minimum atomic E-state index is -0.781. The Morgan fingerprint density at radius 3 is 2.22 bits per heavy atom. The molecule has 3 aromatic carbocycles. The predicted molar refractivity (Wildman–Crippen MR) is 150 cm³/mol. The van der Waals surface area contributed by atoms with Crippen molar-refractivity contribution in [1.82, 2.24) is 14.5 Å². The topological polar surface area (TPSA) is 73.9 Å². The second kappa shape index (κ2) is 13.4. The van der Waals surface area contributed by atoms with E-state index in [2.05, 4.69) is 28.3 Å². The average Bonchev–Trinajstić information content (AvgIpc) is 3.43. The van der Waals surface area contributed by atoms with Crippen molar-refractivity contribution in [2.45, 2.75) is 25.3 Å². The van der Waals surface area contributed by atoms with Crippen molar-refractivity contribution in [1.29, 1.82) is 0 Å². The molecule has 1 heterocycles. The first-order valence-electron chi connectivity index (χ1n) is 12.3. The Bertz CT molecular complexity index is 1160. The number of amides is 3. The van der Waals surface area contributed by atoms with Crippen molar-refractivity contribution in [3.63, 3.8) is 0 Å². The molecule has 1 unspecified atom stereocenters. The molecular weight excluding hydrogens is 508 g/mol. The zero-order valence-corrected chi connectivity index (χ0v) is 22.1. The largest absolute Gasteiger partial charge is 0.457 e. The maximum atomic E-state index is 13.1. The van der Waals surface area contributed by atoms with Gasteiger partial charge < -0.3 is 20.3 Å². The average molecular weight is 539 g/mol. The Kier molecular flexibility index (Phi) is 9.71. The number of halogens is 1. The van der Waals surface area contributed by atoms with Gasteiger partial charge in [0.15, 0.2) is 0 Å². The Morgan fingerprint density at radius 2 is 1.57 bits per heavy atom. The molecule has 0 aliphatic carbocycles. The maximum Gasteiger partial charge on any atom is 0.332 e. The Hall–Kier alpha value is -3.20. The van der Waals surface area contributed by atoms with Crippen LogP contribution in [0.25, 0.3) is 0 Å². The van der Waals surface area contributed by atoms with Crippen LogP contribution in [0.2, 0.25) is 5.02 Å². The highest BCUT2D eigenvalue weighted by molar-refractivity contribution is 7.78. The number of hydrogen-bond acceptors (Lipinski definition) is 5. The number of benzene rings is 3. The molecule has 2 N–H and O–H groups in total. The van der Waals surface area contributed by atoms with E-state index in [1.165, 1.54) is 12.8 Å². The molecule has 0 bridgehead atoms. The molecule has 9 heteroatoms. The lowest BCUT2D eigenvalue weighted by atomic mass is 10.1. The van der Waals surface area contributed by atoms with Crippen molar-refractivity contribution in [2.75, 3.05) is 31.5 Å². The quantitative estimate of drug-likeness (QED) is 0.292. The zero-order chi connectivity index (χ0) is 26.0. The van der Waals surface area contributed by atoms with Crippen molar-refractivity contribution < 1.29 is 14.3 Å². The second-order valence-corrected chi connectivity index (χ2v) is 9.77. The molecular formula is C28H31ClN4O3S. The van der Waals surface area contributed by atoms with Crippen molar-refractivity contribution in [2.24, 2.45) is 0 Å². The van der Waals surface area contributed by atoms with Crippen molar-refractivity contribution in [3.8, 4) is 11.5 Å². The number of rotatable bonds is 10. The van der Waals surface area contributed by atoms with Crippen LogP contribution in [0.5, 0.6) is 11.5 Å². The van der Waals surface area contributed by atoms with E-state index in [1.54, 1.807) is 48.5 Å². The lowest BCUT2D eigenvalue weighted by Crippen LogP contribution is -2.49. The molecule has 37 heavy (non-hydrogen) atoms. The van der Waals surface area contributed by atoms with E-state index < -0.39 is 12.1 Å². The van der Waals surface area contributed by atoms with Gasteiger partial charge in [-0.2, -0.15) is 0 Å². The summed E-state index contributed by atoms with van der Waals surface area (Å²) in [6.45, 7) is 3.46. The first-order valence-corrected chi connectivity index (χ1v) is 13.1. The molecule has 0 radical (unpaired) electrons. The lowest BCUT2D eigenvalue weighted by Gasteiger charge is -2.27. The number of thiol groups is 1. The van der Waals surface area contributed by atoms with Gasteiger partial charge in [-0.3, -0.25) is 9.10 Å². The van der Waals surface area contributed by atoms with Gasteiger partial charge in [0, 0.05) is 30.2 Å². The van der Waals surface area contributed by atoms with Crippen LogP contribution in [0.15, 0.2) is 78.9 Å². The molecule has 194 valence electrons. The van der Waals surface area contributed by atoms with E-state index in [0.29, 0.717) is 35.2 Å². The van der Waals surface area contributed by atoms with Crippen molar-refractivity contribution in [3.05, 3.63) is 89.4 Å². The van der Waals surface area contributed by atoms with Gasteiger partial charge in [0.2, 0.25) is 5.91 Å². The summed E-state index contributed by atoms with van der Waals surface area (Å²) in [6.07, 6.45) is 2.74. The predicted octanol–water partition coefficient (Wildman–Crippen LogP) is 5.63. The molecule has 0 saturated carbocycles. The minimum absolute atomic E-state index is 0.236. The highest BCUT2D eigenvalue weighted by Crippen LogP contribution is 2.25. The van der Waals surface area contributed by atoms with Crippen molar-refractivity contribution >= 4 is 42.0 Å². The molecule has 0 spiro atoms. The number of nitrogens with zero attached hydrogens (tertiary/aromatic N) is 2. The number of ether oxygens (including phenoxy) is 1. The summed E-state index contributed by atoms with van der Waals surface area (Å²) in [7, 11) is 0. The molecule has 1 aliphatic heterocycles. The number of carbonyl (C=O) groups is 2. The molecule has 7 nitrogen and oxygen atoms in total. The maximum absolute atomic E-state index is 13.1. The molecule has 0 aromatic heterocycles. The minimum Gasteiger partial charge on any atom is -0.457 e. The fraction of sp³-hybridized carbons (Fsp3) is 0.286. The van der Waals surface area contributed by atoms with Crippen LogP contribution < -0.4 is 15.4 Å². The Balaban J connectivity index is 1.37.